The van der Waals surface area contributed by atoms with E-state index in [1.165, 1.54) is 11.4 Å². The molecule has 2 rings (SSSR count). The van der Waals surface area contributed by atoms with Crippen LogP contribution in [0.25, 0.3) is 0 Å². The van der Waals surface area contributed by atoms with E-state index in [1.54, 1.807) is 43.0 Å². The van der Waals surface area contributed by atoms with E-state index in [1.807, 2.05) is 24.3 Å². The summed E-state index contributed by atoms with van der Waals surface area (Å²) in [5, 5.41) is 2.91. The molecule has 0 bridgehead atoms. The van der Waals surface area contributed by atoms with Crippen LogP contribution in [-0.2, 0) is 10.0 Å². The Morgan fingerprint density at radius 1 is 1.08 bits per heavy atom. The Morgan fingerprint density at radius 3 is 2.32 bits per heavy atom. The third kappa shape index (κ3) is 4.76. The van der Waals surface area contributed by atoms with E-state index in [0.29, 0.717) is 11.3 Å². The Bertz CT molecular complexity index is 834. The first-order chi connectivity index (χ1) is 11.9. The van der Waals surface area contributed by atoms with Gasteiger partial charge in [-0.25, -0.2) is 8.42 Å². The fraction of sp³-hybridized carbons (Fsp3) is 0.278. The Kier molecular flexibility index (Phi) is 6.50. The fourth-order valence-electron chi connectivity index (χ4n) is 2.22. The average molecular weight is 379 g/mol. The van der Waals surface area contributed by atoms with Gasteiger partial charge in [-0.2, -0.15) is 0 Å². The number of nitrogens with one attached hydrogen (secondary N) is 1. The van der Waals surface area contributed by atoms with E-state index in [4.69, 9.17) is 0 Å². The van der Waals surface area contributed by atoms with Crippen LogP contribution in [0.15, 0.2) is 53.4 Å². The van der Waals surface area contributed by atoms with Gasteiger partial charge in [0, 0.05) is 17.5 Å². The van der Waals surface area contributed by atoms with Crippen molar-refractivity contribution >= 4 is 39.1 Å². The summed E-state index contributed by atoms with van der Waals surface area (Å²) in [6.45, 7) is 3.66. The van der Waals surface area contributed by atoms with Gasteiger partial charge in [0.05, 0.1) is 17.1 Å². The lowest BCUT2D eigenvalue weighted by Crippen LogP contribution is -2.28. The van der Waals surface area contributed by atoms with Gasteiger partial charge in [0.2, 0.25) is 10.0 Å². The number of benzene rings is 2. The number of anilines is 2. The monoisotopic (exact) mass is 378 g/mol. The lowest BCUT2D eigenvalue weighted by molar-refractivity contribution is 0.102. The molecule has 0 saturated carbocycles. The second-order valence-corrected chi connectivity index (χ2v) is 8.89. The molecule has 0 aliphatic rings. The smallest absolute Gasteiger partial charge is 0.255 e. The van der Waals surface area contributed by atoms with Crippen LogP contribution in [0.4, 0.5) is 11.4 Å². The maximum atomic E-state index is 12.5. The topological polar surface area (TPSA) is 66.5 Å². The molecule has 1 N–H and O–H groups in total. The third-order valence-electron chi connectivity index (χ3n) is 3.71. The van der Waals surface area contributed by atoms with Gasteiger partial charge in [-0.3, -0.25) is 9.10 Å². The predicted octanol–water partition coefficient (Wildman–Crippen LogP) is 3.84. The second kappa shape index (κ2) is 8.40. The molecule has 0 spiro atoms. The SMILES string of the molecule is CCSc1ccccc1NC(=O)c1ccc(N(C)S(=O)(=O)CC)cc1. The van der Waals surface area contributed by atoms with Gasteiger partial charge in [-0.15, -0.1) is 11.8 Å². The molecule has 134 valence electrons. The van der Waals surface area contributed by atoms with E-state index in [-0.39, 0.29) is 11.7 Å². The molecule has 5 nitrogen and oxygen atoms in total. The van der Waals surface area contributed by atoms with Crippen molar-refractivity contribution in [3.63, 3.8) is 0 Å². The molecule has 7 heteroatoms. The minimum atomic E-state index is -3.31. The lowest BCUT2D eigenvalue weighted by atomic mass is 10.2. The molecule has 0 aliphatic carbocycles. The lowest BCUT2D eigenvalue weighted by Gasteiger charge is -2.18. The summed E-state index contributed by atoms with van der Waals surface area (Å²) in [7, 11) is -1.81. The number of rotatable bonds is 7. The van der Waals surface area contributed by atoms with Crippen molar-refractivity contribution < 1.29 is 13.2 Å². The number of sulfonamides is 1. The number of para-hydroxylation sites is 1. The number of nitrogens with zero attached hydrogens (tertiary/aromatic N) is 1. The Labute approximate surface area is 153 Å². The summed E-state index contributed by atoms with van der Waals surface area (Å²) in [4.78, 5) is 13.5. The summed E-state index contributed by atoms with van der Waals surface area (Å²) in [5.41, 5.74) is 1.77. The molecule has 1 amide bonds. The molecule has 0 heterocycles. The number of carbonyl (C=O) groups excluding carboxylic acids is 1. The van der Waals surface area contributed by atoms with E-state index in [9.17, 15) is 13.2 Å². The second-order valence-electron chi connectivity index (χ2n) is 5.30. The molecule has 2 aromatic rings. The van der Waals surface area contributed by atoms with Gasteiger partial charge >= 0.3 is 0 Å². The van der Waals surface area contributed by atoms with Gasteiger partial charge in [-0.1, -0.05) is 19.1 Å². The highest BCUT2D eigenvalue weighted by Crippen LogP contribution is 2.27. The molecule has 0 radical (unpaired) electrons. The fourth-order valence-corrected chi connectivity index (χ4v) is 3.81. The highest BCUT2D eigenvalue weighted by atomic mass is 32.2. The molecule has 0 aromatic heterocycles. The van der Waals surface area contributed by atoms with E-state index in [2.05, 4.69) is 12.2 Å². The van der Waals surface area contributed by atoms with Crippen LogP contribution in [0, 0.1) is 0 Å². The zero-order valence-electron chi connectivity index (χ0n) is 14.5. The molecule has 0 saturated heterocycles. The number of hydrogen-bond acceptors (Lipinski definition) is 4. The summed E-state index contributed by atoms with van der Waals surface area (Å²) in [6, 6.07) is 14.2. The molecule has 0 unspecified atom stereocenters. The van der Waals surface area contributed by atoms with Crippen LogP contribution >= 0.6 is 11.8 Å². The number of thioether (sulfide) groups is 1. The first-order valence-corrected chi connectivity index (χ1v) is 10.6. The van der Waals surface area contributed by atoms with Crippen molar-refractivity contribution in [3.8, 4) is 0 Å². The summed E-state index contributed by atoms with van der Waals surface area (Å²) >= 11 is 1.66. The molecular formula is C18H22N2O3S2. The van der Waals surface area contributed by atoms with E-state index >= 15 is 0 Å². The van der Waals surface area contributed by atoms with Crippen LogP contribution in [-0.4, -0.2) is 32.9 Å². The van der Waals surface area contributed by atoms with Gasteiger partial charge in [0.15, 0.2) is 0 Å². The third-order valence-corrected chi connectivity index (χ3v) is 6.44. The molecule has 0 aliphatic heterocycles. The number of carbonyl (C=O) groups is 1. The Hall–Kier alpha value is -1.99. The molecule has 0 atom stereocenters. The first kappa shape index (κ1) is 19.3. The Morgan fingerprint density at radius 2 is 1.72 bits per heavy atom. The van der Waals surface area contributed by atoms with Crippen molar-refractivity contribution in [2.45, 2.75) is 18.7 Å². The number of amides is 1. The van der Waals surface area contributed by atoms with Crippen molar-refractivity contribution in [2.75, 3.05) is 28.2 Å². The average Bonchev–Trinajstić information content (AvgIpc) is 2.63. The summed E-state index contributed by atoms with van der Waals surface area (Å²) in [6.07, 6.45) is 0. The molecular weight excluding hydrogens is 356 g/mol. The van der Waals surface area contributed by atoms with Crippen molar-refractivity contribution in [3.05, 3.63) is 54.1 Å². The summed E-state index contributed by atoms with van der Waals surface area (Å²) < 4.78 is 25.0. The van der Waals surface area contributed by atoms with E-state index in [0.717, 1.165) is 16.3 Å². The van der Waals surface area contributed by atoms with Gasteiger partial charge < -0.3 is 5.32 Å². The predicted molar refractivity (Wildman–Crippen MR) is 105 cm³/mol. The maximum Gasteiger partial charge on any atom is 0.255 e. The largest absolute Gasteiger partial charge is 0.321 e. The van der Waals surface area contributed by atoms with Crippen molar-refractivity contribution in [1.29, 1.82) is 0 Å². The molecule has 25 heavy (non-hydrogen) atoms. The Balaban J connectivity index is 2.16. The van der Waals surface area contributed by atoms with Crippen LogP contribution in [0.2, 0.25) is 0 Å². The van der Waals surface area contributed by atoms with Gasteiger partial charge in [0.1, 0.15) is 0 Å². The standard InChI is InChI=1S/C18H22N2O3S2/c1-4-24-17-9-7-6-8-16(17)19-18(21)14-10-12-15(13-11-14)20(3)25(22,23)5-2/h6-13H,4-5H2,1-3H3,(H,19,21). The molecule has 0 fully saturated rings. The first-order valence-electron chi connectivity index (χ1n) is 7.99. The van der Waals surface area contributed by atoms with Crippen LogP contribution in [0.3, 0.4) is 0 Å². The van der Waals surface area contributed by atoms with Gasteiger partial charge in [0.25, 0.3) is 5.91 Å². The van der Waals surface area contributed by atoms with Crippen molar-refractivity contribution in [2.24, 2.45) is 0 Å². The normalized spacial score (nSPS) is 11.2. The molecule has 2 aromatic carbocycles. The minimum absolute atomic E-state index is 0.0254. The minimum Gasteiger partial charge on any atom is -0.321 e. The van der Waals surface area contributed by atoms with Crippen LogP contribution < -0.4 is 9.62 Å². The zero-order chi connectivity index (χ0) is 18.4. The zero-order valence-corrected chi connectivity index (χ0v) is 16.2. The van der Waals surface area contributed by atoms with Crippen LogP contribution in [0.5, 0.6) is 0 Å². The highest BCUT2D eigenvalue weighted by molar-refractivity contribution is 7.99. The van der Waals surface area contributed by atoms with Gasteiger partial charge in [-0.05, 0) is 49.1 Å². The summed E-state index contributed by atoms with van der Waals surface area (Å²) in [5.74, 6) is 0.717. The van der Waals surface area contributed by atoms with Crippen LogP contribution in [0.1, 0.15) is 24.2 Å². The number of hydrogen-bond donors (Lipinski definition) is 1. The van der Waals surface area contributed by atoms with Crippen molar-refractivity contribution in [1.82, 2.24) is 0 Å². The maximum absolute atomic E-state index is 12.5. The highest BCUT2D eigenvalue weighted by Gasteiger charge is 2.16. The van der Waals surface area contributed by atoms with E-state index < -0.39 is 10.0 Å². The quantitative estimate of drug-likeness (QED) is 0.744.